The molecule has 4 aromatic rings. The van der Waals surface area contributed by atoms with Gasteiger partial charge in [-0.2, -0.15) is 0 Å². The standard InChI is InChI=1S/C34H34O4/c1-35-31-17-26(14-13-25(31)15-23-9-5-3-6-10-23)34-29-19-33(38-20-24-11-7-4-8-12-24)32(36-2)18-27(29)16-28-21-37-22-30(28)34/h3-14,17-19,28,30,34H,15-16,20-22H2,1-2H3/t28-,30+,34+/m0/s1. The highest BCUT2D eigenvalue weighted by Gasteiger charge is 2.42. The van der Waals surface area contributed by atoms with Crippen LogP contribution in [0.5, 0.6) is 17.2 Å². The number of rotatable bonds is 8. The number of methoxy groups -OCH3 is 2. The van der Waals surface area contributed by atoms with E-state index >= 15 is 0 Å². The normalized spacial score (nSPS) is 19.9. The van der Waals surface area contributed by atoms with Crippen LogP contribution < -0.4 is 14.2 Å². The fourth-order valence-electron chi connectivity index (χ4n) is 6.14. The van der Waals surface area contributed by atoms with Crippen LogP contribution in [0.3, 0.4) is 0 Å². The molecule has 38 heavy (non-hydrogen) atoms. The van der Waals surface area contributed by atoms with Gasteiger partial charge in [-0.3, -0.25) is 0 Å². The molecule has 3 atom stereocenters. The summed E-state index contributed by atoms with van der Waals surface area (Å²) >= 11 is 0. The fraction of sp³-hybridized carbons (Fsp3) is 0.294. The minimum Gasteiger partial charge on any atom is -0.496 e. The predicted octanol–water partition coefficient (Wildman–Crippen LogP) is 6.82. The predicted molar refractivity (Wildman–Crippen MR) is 149 cm³/mol. The molecular weight excluding hydrogens is 472 g/mol. The Morgan fingerprint density at radius 1 is 0.737 bits per heavy atom. The Hall–Kier alpha value is -3.76. The van der Waals surface area contributed by atoms with Gasteiger partial charge in [-0.1, -0.05) is 72.8 Å². The molecule has 0 radical (unpaired) electrons. The van der Waals surface area contributed by atoms with Gasteiger partial charge in [0.2, 0.25) is 0 Å². The van der Waals surface area contributed by atoms with Crippen LogP contribution in [0.2, 0.25) is 0 Å². The summed E-state index contributed by atoms with van der Waals surface area (Å²) in [6.07, 6.45) is 1.84. The summed E-state index contributed by atoms with van der Waals surface area (Å²) in [6.45, 7) is 2.07. The molecular formula is C34H34O4. The first-order valence-electron chi connectivity index (χ1n) is 13.4. The highest BCUT2D eigenvalue weighted by atomic mass is 16.5. The Bertz CT molecular complexity index is 1380. The molecule has 2 aliphatic rings. The fourth-order valence-corrected chi connectivity index (χ4v) is 6.14. The summed E-state index contributed by atoms with van der Waals surface area (Å²) in [5, 5.41) is 0. The van der Waals surface area contributed by atoms with Crippen molar-refractivity contribution in [3.8, 4) is 17.2 Å². The van der Waals surface area contributed by atoms with Gasteiger partial charge in [-0.05, 0) is 69.8 Å². The molecule has 1 aliphatic heterocycles. The van der Waals surface area contributed by atoms with Crippen molar-refractivity contribution < 1.29 is 18.9 Å². The van der Waals surface area contributed by atoms with Gasteiger partial charge in [-0.25, -0.2) is 0 Å². The minimum absolute atomic E-state index is 0.205. The lowest BCUT2D eigenvalue weighted by molar-refractivity contribution is 0.179. The average molecular weight is 507 g/mol. The third-order valence-corrected chi connectivity index (χ3v) is 8.06. The van der Waals surface area contributed by atoms with E-state index in [2.05, 4.69) is 72.8 Å². The van der Waals surface area contributed by atoms with Crippen molar-refractivity contribution in [3.63, 3.8) is 0 Å². The smallest absolute Gasteiger partial charge is 0.161 e. The molecule has 4 heteroatoms. The molecule has 0 spiro atoms. The molecule has 4 aromatic carbocycles. The zero-order valence-electron chi connectivity index (χ0n) is 22.1. The number of fused-ring (bicyclic) bond motifs is 2. The SMILES string of the molecule is COc1cc([C@@H]2c3cc(OCc4ccccc4)c(OC)cc3C[C@H]3COC[C@H]32)ccc1Cc1ccccc1. The lowest BCUT2D eigenvalue weighted by Crippen LogP contribution is -2.29. The molecule has 1 fully saturated rings. The molecule has 1 aliphatic carbocycles. The van der Waals surface area contributed by atoms with Crippen LogP contribution in [0.25, 0.3) is 0 Å². The Balaban J connectivity index is 1.37. The second-order valence-electron chi connectivity index (χ2n) is 10.4. The van der Waals surface area contributed by atoms with Crippen LogP contribution in [-0.4, -0.2) is 27.4 Å². The summed E-state index contributed by atoms with van der Waals surface area (Å²) in [5.41, 5.74) is 7.49. The van der Waals surface area contributed by atoms with E-state index in [0.29, 0.717) is 18.4 Å². The molecule has 6 rings (SSSR count). The summed E-state index contributed by atoms with van der Waals surface area (Å²) in [6, 6.07) is 31.9. The van der Waals surface area contributed by atoms with E-state index in [9.17, 15) is 0 Å². The van der Waals surface area contributed by atoms with Gasteiger partial charge >= 0.3 is 0 Å². The lowest BCUT2D eigenvalue weighted by Gasteiger charge is -2.36. The van der Waals surface area contributed by atoms with E-state index in [0.717, 1.165) is 48.9 Å². The van der Waals surface area contributed by atoms with Crippen molar-refractivity contribution in [2.45, 2.75) is 25.4 Å². The molecule has 0 unspecified atom stereocenters. The summed E-state index contributed by atoms with van der Waals surface area (Å²) in [5.74, 6) is 3.61. The third-order valence-electron chi connectivity index (χ3n) is 8.06. The number of ether oxygens (including phenoxy) is 4. The van der Waals surface area contributed by atoms with Crippen LogP contribution >= 0.6 is 0 Å². The second kappa shape index (κ2) is 10.9. The maximum Gasteiger partial charge on any atom is 0.161 e. The van der Waals surface area contributed by atoms with E-state index < -0.39 is 0 Å². The van der Waals surface area contributed by atoms with Crippen LogP contribution in [0.1, 0.15) is 39.3 Å². The van der Waals surface area contributed by atoms with Crippen LogP contribution in [0.15, 0.2) is 91.0 Å². The molecule has 0 bridgehead atoms. The summed E-state index contributed by atoms with van der Waals surface area (Å²) in [7, 11) is 3.49. The Morgan fingerprint density at radius 2 is 1.47 bits per heavy atom. The zero-order chi connectivity index (χ0) is 25.9. The van der Waals surface area contributed by atoms with E-state index in [1.54, 1.807) is 14.2 Å². The minimum atomic E-state index is 0.205. The van der Waals surface area contributed by atoms with E-state index in [1.165, 1.54) is 27.8 Å². The van der Waals surface area contributed by atoms with Gasteiger partial charge in [-0.15, -0.1) is 0 Å². The van der Waals surface area contributed by atoms with Crippen molar-refractivity contribution >= 4 is 0 Å². The molecule has 4 nitrogen and oxygen atoms in total. The van der Waals surface area contributed by atoms with Gasteiger partial charge in [0.05, 0.1) is 27.4 Å². The Labute approximate surface area is 225 Å². The molecule has 1 heterocycles. The molecule has 0 saturated carbocycles. The first kappa shape index (κ1) is 24.6. The Morgan fingerprint density at radius 3 is 2.21 bits per heavy atom. The number of hydrogen-bond donors (Lipinski definition) is 0. The van der Waals surface area contributed by atoms with Crippen molar-refractivity contribution in [2.75, 3.05) is 27.4 Å². The maximum absolute atomic E-state index is 6.33. The number of hydrogen-bond acceptors (Lipinski definition) is 4. The zero-order valence-corrected chi connectivity index (χ0v) is 22.1. The lowest BCUT2D eigenvalue weighted by atomic mass is 9.67. The largest absolute Gasteiger partial charge is 0.496 e. The molecule has 0 amide bonds. The monoisotopic (exact) mass is 506 g/mol. The van der Waals surface area contributed by atoms with Crippen molar-refractivity contribution in [3.05, 3.63) is 124 Å². The van der Waals surface area contributed by atoms with Gasteiger partial charge in [0.25, 0.3) is 0 Å². The molecule has 1 saturated heterocycles. The highest BCUT2D eigenvalue weighted by molar-refractivity contribution is 5.54. The summed E-state index contributed by atoms with van der Waals surface area (Å²) < 4.78 is 24.1. The van der Waals surface area contributed by atoms with Gasteiger partial charge in [0.1, 0.15) is 12.4 Å². The topological polar surface area (TPSA) is 36.9 Å². The van der Waals surface area contributed by atoms with Gasteiger partial charge < -0.3 is 18.9 Å². The van der Waals surface area contributed by atoms with Crippen LogP contribution in [-0.2, 0) is 24.2 Å². The van der Waals surface area contributed by atoms with E-state index in [4.69, 9.17) is 18.9 Å². The average Bonchev–Trinajstić information content (AvgIpc) is 3.44. The van der Waals surface area contributed by atoms with Crippen molar-refractivity contribution in [2.24, 2.45) is 11.8 Å². The summed E-state index contributed by atoms with van der Waals surface area (Å²) in [4.78, 5) is 0. The Kier molecular flexibility index (Phi) is 7.06. The van der Waals surface area contributed by atoms with Gasteiger partial charge in [0, 0.05) is 12.3 Å². The van der Waals surface area contributed by atoms with Crippen LogP contribution in [0.4, 0.5) is 0 Å². The van der Waals surface area contributed by atoms with Crippen LogP contribution in [0, 0.1) is 11.8 Å². The van der Waals surface area contributed by atoms with Crippen molar-refractivity contribution in [1.82, 2.24) is 0 Å². The maximum atomic E-state index is 6.33. The number of benzene rings is 4. The molecule has 194 valence electrons. The first-order chi connectivity index (χ1) is 18.7. The van der Waals surface area contributed by atoms with Crippen molar-refractivity contribution in [1.29, 1.82) is 0 Å². The van der Waals surface area contributed by atoms with E-state index in [-0.39, 0.29) is 5.92 Å². The van der Waals surface area contributed by atoms with E-state index in [1.807, 2.05) is 18.2 Å². The molecule has 0 aromatic heterocycles. The first-order valence-corrected chi connectivity index (χ1v) is 13.4. The highest BCUT2D eigenvalue weighted by Crippen LogP contribution is 2.49. The van der Waals surface area contributed by atoms with Gasteiger partial charge in [0.15, 0.2) is 11.5 Å². The second-order valence-corrected chi connectivity index (χ2v) is 10.4. The third kappa shape index (κ3) is 4.89. The molecule has 0 N–H and O–H groups in total. The quantitative estimate of drug-likeness (QED) is 0.263.